The lowest BCUT2D eigenvalue weighted by Crippen LogP contribution is -2.27. The first kappa shape index (κ1) is 53.6. The van der Waals surface area contributed by atoms with Gasteiger partial charge in [0.1, 0.15) is 0 Å². The summed E-state index contributed by atoms with van der Waals surface area (Å²) in [5, 5.41) is 9.04. The summed E-state index contributed by atoms with van der Waals surface area (Å²) < 4.78 is 10.4. The Labute approximate surface area is 552 Å². The Morgan fingerprint density at radius 2 is 0.458 bits per heavy atom. The van der Waals surface area contributed by atoms with Crippen LogP contribution >= 0.6 is 0 Å². The van der Waals surface area contributed by atoms with Crippen molar-refractivity contribution in [3.63, 3.8) is 0 Å². The zero-order valence-electron chi connectivity index (χ0n) is 51.9. The average molecular weight is 1230 g/mol. The zero-order valence-corrected chi connectivity index (χ0v) is 51.9. The number of para-hydroxylation sites is 13. The summed E-state index contributed by atoms with van der Waals surface area (Å²) in [6.07, 6.45) is 0. The maximum atomic E-state index is 6.14. The highest BCUT2D eigenvalue weighted by Crippen LogP contribution is 2.61. The maximum Gasteiger partial charge on any atom is 0.160 e. The SMILES string of the molecule is c1ccc(-c2cc(-c3c(-n4c5ccccc5c5ccccc54)c(-n4c5ccccc5c5ccccc54)c(N4c5ccccc5N(c5ccccc5)c5ccccc54)c(-n4c5ccccc5c5ccccc54)c3-n3c4ccccc4c4ccccc43)nc(-c3ccccc3)n2)cc1. The molecule has 0 amide bonds. The van der Waals surface area contributed by atoms with Crippen molar-refractivity contribution in [2.75, 3.05) is 9.80 Å². The van der Waals surface area contributed by atoms with Gasteiger partial charge in [-0.2, -0.15) is 0 Å². The molecule has 0 atom stereocenters. The van der Waals surface area contributed by atoms with Gasteiger partial charge in [0.2, 0.25) is 0 Å². The lowest BCUT2D eigenvalue weighted by atomic mass is 9.95. The van der Waals surface area contributed by atoms with Gasteiger partial charge in [0.25, 0.3) is 0 Å². The molecule has 448 valence electrons. The van der Waals surface area contributed by atoms with E-state index < -0.39 is 0 Å². The summed E-state index contributed by atoms with van der Waals surface area (Å²) in [6, 6.07) is 124. The largest absolute Gasteiger partial charge is 0.306 e. The first-order chi connectivity index (χ1) is 47.7. The van der Waals surface area contributed by atoms with Crippen LogP contribution in [-0.4, -0.2) is 28.2 Å². The number of anilines is 6. The van der Waals surface area contributed by atoms with Crippen LogP contribution in [0.4, 0.5) is 34.1 Å². The predicted molar refractivity (Wildman–Crippen MR) is 399 cm³/mol. The Morgan fingerprint density at radius 1 is 0.198 bits per heavy atom. The molecule has 1 aliphatic heterocycles. The van der Waals surface area contributed by atoms with Crippen LogP contribution in [0.25, 0.3) is 144 Å². The molecular formula is C88H56N8. The van der Waals surface area contributed by atoms with Crippen molar-refractivity contribution in [1.82, 2.24) is 28.2 Å². The first-order valence-corrected chi connectivity index (χ1v) is 32.8. The van der Waals surface area contributed by atoms with Crippen LogP contribution in [0.3, 0.4) is 0 Å². The fourth-order valence-corrected chi connectivity index (χ4v) is 15.7. The van der Waals surface area contributed by atoms with Gasteiger partial charge in [-0.05, 0) is 91.0 Å². The molecule has 0 radical (unpaired) electrons. The molecule has 0 unspecified atom stereocenters. The number of rotatable bonds is 9. The number of nitrogens with zero attached hydrogens (tertiary/aromatic N) is 8. The molecule has 14 aromatic carbocycles. The third kappa shape index (κ3) is 7.84. The topological polar surface area (TPSA) is 52.0 Å². The molecule has 0 bridgehead atoms. The van der Waals surface area contributed by atoms with E-state index in [9.17, 15) is 0 Å². The summed E-state index contributed by atoms with van der Waals surface area (Å²) in [7, 11) is 0. The van der Waals surface area contributed by atoms with E-state index in [-0.39, 0.29) is 0 Å². The van der Waals surface area contributed by atoms with E-state index in [1.165, 1.54) is 0 Å². The van der Waals surface area contributed by atoms with Crippen molar-refractivity contribution in [2.24, 2.45) is 0 Å². The zero-order chi connectivity index (χ0) is 63.0. The van der Waals surface area contributed by atoms with Crippen LogP contribution in [0, 0.1) is 0 Å². The van der Waals surface area contributed by atoms with Crippen LogP contribution in [0.5, 0.6) is 0 Å². The Hall–Kier alpha value is -13.0. The van der Waals surface area contributed by atoms with Crippen molar-refractivity contribution in [2.45, 2.75) is 0 Å². The molecule has 20 rings (SSSR count). The minimum Gasteiger partial charge on any atom is -0.306 e. The number of benzene rings is 14. The number of hydrogen-bond acceptors (Lipinski definition) is 4. The van der Waals surface area contributed by atoms with Gasteiger partial charge in [-0.25, -0.2) is 9.97 Å². The molecule has 0 aliphatic carbocycles. The third-order valence-electron chi connectivity index (χ3n) is 19.6. The van der Waals surface area contributed by atoms with E-state index in [2.05, 4.69) is 368 Å². The predicted octanol–water partition coefficient (Wildman–Crippen LogP) is 23.1. The fourth-order valence-electron chi connectivity index (χ4n) is 15.7. The molecule has 8 heteroatoms. The summed E-state index contributed by atoms with van der Waals surface area (Å²) in [4.78, 5) is 16.8. The summed E-state index contributed by atoms with van der Waals surface area (Å²) in [5.74, 6) is 0.606. The van der Waals surface area contributed by atoms with Crippen LogP contribution in [0.15, 0.2) is 340 Å². The van der Waals surface area contributed by atoms with Crippen molar-refractivity contribution in [3.05, 3.63) is 340 Å². The Morgan fingerprint density at radius 3 is 0.802 bits per heavy atom. The van der Waals surface area contributed by atoms with Crippen molar-refractivity contribution < 1.29 is 0 Å². The fraction of sp³-hybridized carbons (Fsp3) is 0. The smallest absolute Gasteiger partial charge is 0.160 e. The van der Waals surface area contributed by atoms with E-state index >= 15 is 0 Å². The second-order valence-corrected chi connectivity index (χ2v) is 24.8. The second kappa shape index (κ2) is 21.3. The van der Waals surface area contributed by atoms with Gasteiger partial charge in [-0.3, -0.25) is 0 Å². The van der Waals surface area contributed by atoms with Crippen molar-refractivity contribution in [3.8, 4) is 56.7 Å². The van der Waals surface area contributed by atoms with Crippen LogP contribution in [0.2, 0.25) is 0 Å². The summed E-state index contributed by atoms with van der Waals surface area (Å²) in [5.41, 5.74) is 22.4. The van der Waals surface area contributed by atoms with E-state index in [1.54, 1.807) is 0 Å². The molecule has 96 heavy (non-hydrogen) atoms. The highest BCUT2D eigenvalue weighted by Gasteiger charge is 2.41. The van der Waals surface area contributed by atoms with Gasteiger partial charge in [-0.1, -0.05) is 249 Å². The normalized spacial score (nSPS) is 12.3. The lowest BCUT2D eigenvalue weighted by Gasteiger charge is -2.42. The maximum absolute atomic E-state index is 6.14. The molecule has 1 aliphatic rings. The van der Waals surface area contributed by atoms with Crippen molar-refractivity contribution in [1.29, 1.82) is 0 Å². The molecule has 0 spiro atoms. The Kier molecular flexibility index (Phi) is 11.9. The Balaban J connectivity index is 1.15. The third-order valence-corrected chi connectivity index (χ3v) is 19.6. The van der Waals surface area contributed by atoms with E-state index in [1.807, 2.05) is 0 Å². The van der Waals surface area contributed by atoms with Gasteiger partial charge in [0, 0.05) is 59.9 Å². The minimum atomic E-state index is 0.606. The first-order valence-electron chi connectivity index (χ1n) is 32.8. The molecule has 5 aromatic heterocycles. The molecule has 0 N–H and O–H groups in total. The molecule has 6 heterocycles. The standard InChI is InChI=1S/C88H56N8/c1-4-30-57(31-5-1)68-56-69(90-88(89-68)58-32-6-2-7-33-58)82-83(92-70-44-18-10-36-60(70)61-37-11-19-45-71(61)92)85(94-74-48-22-14-40-64(74)65-41-15-23-49-75(65)94)87(96-80-54-28-26-52-78(80)91(59-34-8-3-9-35-59)79-53-27-29-55-81(79)96)86(95-76-50-24-16-42-66(76)67-43-17-25-51-77(67)95)84(82)93-72-46-20-12-38-62(72)63-39-13-21-47-73(63)93/h1-56H. The molecular weight excluding hydrogens is 1170 g/mol. The van der Waals surface area contributed by atoms with Gasteiger partial charge in [-0.15, -0.1) is 0 Å². The quantitative estimate of drug-likeness (QED) is 0.145. The summed E-state index contributed by atoms with van der Waals surface area (Å²) >= 11 is 0. The van der Waals surface area contributed by atoms with Crippen LogP contribution in [0.1, 0.15) is 0 Å². The van der Waals surface area contributed by atoms with E-state index in [0.29, 0.717) is 5.82 Å². The number of fused-ring (bicyclic) bond motifs is 14. The van der Waals surface area contributed by atoms with Crippen molar-refractivity contribution >= 4 is 121 Å². The molecule has 0 fully saturated rings. The number of hydrogen-bond donors (Lipinski definition) is 0. The van der Waals surface area contributed by atoms with E-state index in [4.69, 9.17) is 9.97 Å². The molecule has 8 nitrogen and oxygen atoms in total. The summed E-state index contributed by atoms with van der Waals surface area (Å²) in [6.45, 7) is 0. The van der Waals surface area contributed by atoms with Gasteiger partial charge >= 0.3 is 0 Å². The Bertz CT molecular complexity index is 5780. The van der Waals surface area contributed by atoms with Gasteiger partial charge < -0.3 is 28.1 Å². The molecule has 19 aromatic rings. The highest BCUT2D eigenvalue weighted by atomic mass is 15.3. The van der Waals surface area contributed by atoms with E-state index in [0.717, 1.165) is 172 Å². The highest BCUT2D eigenvalue weighted by molar-refractivity contribution is 6.20. The van der Waals surface area contributed by atoms with Crippen LogP contribution < -0.4 is 9.80 Å². The van der Waals surface area contributed by atoms with Crippen LogP contribution in [-0.2, 0) is 0 Å². The average Bonchev–Trinajstić information content (AvgIpc) is 1.32. The molecule has 0 saturated carbocycles. The number of aromatic nitrogens is 6. The second-order valence-electron chi connectivity index (χ2n) is 24.8. The lowest BCUT2D eigenvalue weighted by molar-refractivity contribution is 1.02. The minimum absolute atomic E-state index is 0.606. The van der Waals surface area contributed by atoms with Gasteiger partial charge in [0.15, 0.2) is 5.82 Å². The van der Waals surface area contributed by atoms with Gasteiger partial charge in [0.05, 0.1) is 112 Å². The molecule has 0 saturated heterocycles. The monoisotopic (exact) mass is 1220 g/mol.